The number of rotatable bonds is 10. The van der Waals surface area contributed by atoms with Crippen LogP contribution in [0.1, 0.15) is 12.5 Å². The van der Waals surface area contributed by atoms with Gasteiger partial charge in [-0.1, -0.05) is 0 Å². The van der Waals surface area contributed by atoms with Crippen LogP contribution in [0.3, 0.4) is 0 Å². The third kappa shape index (κ3) is 5.96. The first-order valence-corrected chi connectivity index (χ1v) is 16.0. The summed E-state index contributed by atoms with van der Waals surface area (Å²) in [5.74, 6) is -0.277. The van der Waals surface area contributed by atoms with Crippen molar-refractivity contribution >= 4 is 56.0 Å². The molecule has 2 fully saturated rings. The quantitative estimate of drug-likeness (QED) is 0.0687. The van der Waals surface area contributed by atoms with Crippen LogP contribution in [0.25, 0.3) is 22.3 Å². The predicted molar refractivity (Wildman–Crippen MR) is 148 cm³/mol. The maximum atomic E-state index is 13.2. The molecule has 2 aliphatic heterocycles. The van der Waals surface area contributed by atoms with Gasteiger partial charge in [0.1, 0.15) is 35.9 Å². The monoisotopic (exact) mass is 695 g/mol. The normalized spacial score (nSPS) is 30.7. The molecule has 8 N–H and O–H groups in total. The molecule has 244 valence electrons. The molecule has 0 radical (unpaired) electrons. The highest BCUT2D eigenvalue weighted by molar-refractivity contribution is 7.47. The van der Waals surface area contributed by atoms with E-state index >= 15 is 0 Å². The van der Waals surface area contributed by atoms with Crippen molar-refractivity contribution in [1.29, 1.82) is 0 Å². The zero-order valence-electron chi connectivity index (χ0n) is 22.3. The van der Waals surface area contributed by atoms with Gasteiger partial charge in [0.05, 0.1) is 32.2 Å². The van der Waals surface area contributed by atoms with Crippen molar-refractivity contribution in [2.45, 2.75) is 48.4 Å². The fourth-order valence-corrected chi connectivity index (χ4v) is 6.99. The van der Waals surface area contributed by atoms with Crippen molar-refractivity contribution < 1.29 is 52.2 Å². The maximum Gasteiger partial charge on any atom is 0.472 e. The molecule has 2 unspecified atom stereocenters. The fourth-order valence-electron chi connectivity index (χ4n) is 5.05. The number of aliphatic hydroxyl groups excluding tert-OH is 2. The summed E-state index contributed by atoms with van der Waals surface area (Å²) in [6.45, 7) is -1.53. The number of hydrogen-bond donors (Lipinski definition) is 7. The second-order valence-corrected chi connectivity index (χ2v) is 12.4. The zero-order valence-corrected chi connectivity index (χ0v) is 25.0. The van der Waals surface area contributed by atoms with Crippen molar-refractivity contribution in [3.8, 4) is 0 Å². The maximum absolute atomic E-state index is 13.2. The smallest absolute Gasteiger partial charge is 0.394 e. The van der Waals surface area contributed by atoms with Gasteiger partial charge in [-0.2, -0.15) is 4.98 Å². The summed E-state index contributed by atoms with van der Waals surface area (Å²) in [4.78, 5) is 65.0. The second kappa shape index (κ2) is 12.2. The molecule has 6 heterocycles. The Labute approximate surface area is 254 Å². The molecule has 0 spiro atoms. The van der Waals surface area contributed by atoms with Crippen LogP contribution in [0, 0.1) is 0 Å². The number of imidazole rings is 2. The minimum atomic E-state index is -5.15. The van der Waals surface area contributed by atoms with Gasteiger partial charge in [-0.25, -0.2) is 19.5 Å². The Kier molecular flexibility index (Phi) is 8.67. The van der Waals surface area contributed by atoms with E-state index in [1.807, 2.05) is 0 Å². The Morgan fingerprint density at radius 1 is 1.07 bits per heavy atom. The Balaban J connectivity index is 1.23. The summed E-state index contributed by atoms with van der Waals surface area (Å²) in [6.07, 6.45) is -6.67. The number of H-pyrrole nitrogens is 2. The molecule has 22 nitrogen and oxygen atoms in total. The number of aliphatic hydroxyl groups is 2. The number of alkyl halides is 1. The summed E-state index contributed by atoms with van der Waals surface area (Å²) in [6, 6.07) is 0. The number of nitrogens with one attached hydrogen (secondary N) is 2. The first-order chi connectivity index (χ1) is 21.4. The minimum absolute atomic E-state index is 0.0487. The van der Waals surface area contributed by atoms with E-state index in [9.17, 15) is 38.7 Å². The van der Waals surface area contributed by atoms with Crippen LogP contribution < -0.4 is 16.9 Å². The van der Waals surface area contributed by atoms with Crippen molar-refractivity contribution in [1.82, 2.24) is 39.0 Å². The zero-order chi connectivity index (χ0) is 32.2. The lowest BCUT2D eigenvalue weighted by molar-refractivity contribution is -0.0579. The first-order valence-electron chi connectivity index (χ1n) is 12.8. The van der Waals surface area contributed by atoms with Gasteiger partial charge >= 0.3 is 16.1 Å². The number of aromatic nitrogens is 8. The molecular formula is C20H24ClN9O13P2. The van der Waals surface area contributed by atoms with Crippen LogP contribution in [0.4, 0.5) is 5.95 Å². The van der Waals surface area contributed by atoms with Crippen LogP contribution in [-0.2, 0) is 32.2 Å². The molecule has 0 saturated carbocycles. The molecule has 25 heteroatoms. The van der Waals surface area contributed by atoms with E-state index in [4.69, 9.17) is 40.4 Å². The van der Waals surface area contributed by atoms with Crippen molar-refractivity contribution in [3.63, 3.8) is 0 Å². The number of ether oxygens (including phenoxy) is 2. The number of aromatic amines is 2. The van der Waals surface area contributed by atoms with Gasteiger partial charge in [0.2, 0.25) is 5.95 Å². The lowest BCUT2D eigenvalue weighted by atomic mass is 10.1. The van der Waals surface area contributed by atoms with Crippen molar-refractivity contribution in [2.75, 3.05) is 18.9 Å². The lowest BCUT2D eigenvalue weighted by Gasteiger charge is -2.25. The molecule has 0 aromatic carbocycles. The van der Waals surface area contributed by atoms with Gasteiger partial charge in [-0.05, 0) is 0 Å². The van der Waals surface area contributed by atoms with Gasteiger partial charge < -0.3 is 44.7 Å². The highest BCUT2D eigenvalue weighted by Crippen LogP contribution is 2.50. The van der Waals surface area contributed by atoms with Crippen LogP contribution in [0.5, 0.6) is 0 Å². The molecule has 2 saturated heterocycles. The van der Waals surface area contributed by atoms with E-state index in [0.29, 0.717) is 0 Å². The van der Waals surface area contributed by atoms with E-state index < -0.39 is 88.8 Å². The number of phosphoric ester groups is 1. The van der Waals surface area contributed by atoms with E-state index in [1.165, 1.54) is 10.9 Å². The molecular weight excluding hydrogens is 672 g/mol. The summed E-state index contributed by atoms with van der Waals surface area (Å²) < 4.78 is 54.1. The van der Waals surface area contributed by atoms with Crippen LogP contribution in [0.2, 0.25) is 0 Å². The number of anilines is 1. The average Bonchev–Trinajstić information content (AvgIpc) is 3.73. The Morgan fingerprint density at radius 2 is 1.73 bits per heavy atom. The molecule has 0 bridgehead atoms. The number of fused-ring (bicyclic) bond motifs is 2. The lowest BCUT2D eigenvalue weighted by Crippen LogP contribution is -2.35. The topological polar surface area (TPSA) is 314 Å². The van der Waals surface area contributed by atoms with Crippen molar-refractivity contribution in [2.24, 2.45) is 0 Å². The summed E-state index contributed by atoms with van der Waals surface area (Å²) in [5, 5.41) is 19.2. The Bertz CT molecular complexity index is 1920. The van der Waals surface area contributed by atoms with E-state index in [2.05, 4.69) is 29.9 Å². The molecule has 45 heavy (non-hydrogen) atoms. The van der Waals surface area contributed by atoms with Gasteiger partial charge in [0, 0.05) is 0 Å². The summed E-state index contributed by atoms with van der Waals surface area (Å²) >= 11 is 6.51. The number of halogens is 1. The van der Waals surface area contributed by atoms with Gasteiger partial charge in [0.15, 0.2) is 34.8 Å². The number of nitrogens with zero attached hydrogens (tertiary/aromatic N) is 6. The number of phosphoric acid groups is 1. The first kappa shape index (κ1) is 31.9. The molecule has 2 aliphatic rings. The SMILES string of the molecule is Nc1nc2c(ncn2[C@@H]2O[C@H](CO)[C@@H](O)[C@H]2OP(=O)(O)OC[C@H]2O[C@@H](n3cnc4c(=O)[nH]cnc43)[C@@H](Cl)[C@@H]2O[PH](=O)O)c(=O)[nH]1. The van der Waals surface area contributed by atoms with Crippen LogP contribution in [-0.4, -0.2) is 108 Å². The number of nitrogen functional groups attached to an aromatic ring is 1. The van der Waals surface area contributed by atoms with E-state index in [0.717, 1.165) is 17.2 Å². The van der Waals surface area contributed by atoms with E-state index in [1.54, 1.807) is 0 Å². The molecule has 6 rings (SSSR count). The van der Waals surface area contributed by atoms with Gasteiger partial charge in [0.25, 0.3) is 11.1 Å². The Hall–Kier alpha value is -3.11. The Morgan fingerprint density at radius 3 is 2.42 bits per heavy atom. The largest absolute Gasteiger partial charge is 0.472 e. The minimum Gasteiger partial charge on any atom is -0.394 e. The summed E-state index contributed by atoms with van der Waals surface area (Å²) in [7, 11) is -8.76. The van der Waals surface area contributed by atoms with E-state index in [-0.39, 0.29) is 28.3 Å². The van der Waals surface area contributed by atoms with Gasteiger partial charge in [-0.15, -0.1) is 11.6 Å². The molecule has 0 amide bonds. The second-order valence-electron chi connectivity index (χ2n) is 9.76. The standard InChI is InChI=1S/C20H24ClN9O13P2/c21-8-12(42-44(35)36)7(41-18(8)29-4-25-9-14(29)23-3-24-16(9)33)2-39-45(37,38)43-13-11(32)6(1-31)40-19(13)30-5-26-10-15(30)27-20(22)28-17(10)34/h3-8,11-13,18-19,31-32,44H,1-2H2,(H,35,36)(H,37,38)(H,23,24,33)(H3,22,27,28,34)/t6-,7-,8+,11-,12-,13-,18-,19-/m1/s1. The molecule has 4 aromatic heterocycles. The number of nitrogens with two attached hydrogens (primary N) is 1. The molecule has 4 aromatic rings. The van der Waals surface area contributed by atoms with Crippen LogP contribution >= 0.6 is 27.7 Å². The average molecular weight is 696 g/mol. The highest BCUT2D eigenvalue weighted by atomic mass is 35.5. The third-order valence-electron chi connectivity index (χ3n) is 7.02. The van der Waals surface area contributed by atoms with Gasteiger partial charge in [-0.3, -0.25) is 37.3 Å². The van der Waals surface area contributed by atoms with Crippen LogP contribution in [0.15, 0.2) is 28.6 Å². The number of hydrogen-bond acceptors (Lipinski definition) is 16. The molecule has 10 atom stereocenters. The predicted octanol–water partition coefficient (Wildman–Crippen LogP) is -2.14. The summed E-state index contributed by atoms with van der Waals surface area (Å²) in [5.41, 5.74) is 4.12. The third-order valence-corrected chi connectivity index (χ3v) is 8.94. The molecule has 0 aliphatic carbocycles. The highest BCUT2D eigenvalue weighted by Gasteiger charge is 2.51. The fraction of sp³-hybridized carbons (Fsp3) is 0.500. The van der Waals surface area contributed by atoms with Crippen molar-refractivity contribution in [3.05, 3.63) is 39.7 Å².